The molecule has 4 rings (SSSR count). The molecule has 8 heteroatoms. The highest BCUT2D eigenvalue weighted by molar-refractivity contribution is 5.92. The maximum Gasteiger partial charge on any atom is 0.338 e. The molecule has 2 aromatic carbocycles. The molecule has 3 aromatic rings. The van der Waals surface area contributed by atoms with Crippen LogP contribution < -0.4 is 15.0 Å². The Hall–Kier alpha value is -3.81. The summed E-state index contributed by atoms with van der Waals surface area (Å²) in [5.41, 5.74) is 4.18. The number of nitrogens with one attached hydrogen (secondary N) is 1. The molecule has 0 amide bonds. The van der Waals surface area contributed by atoms with E-state index in [1.54, 1.807) is 4.68 Å². The summed E-state index contributed by atoms with van der Waals surface area (Å²) in [5, 5.41) is 8.08. The molecule has 35 heavy (non-hydrogen) atoms. The summed E-state index contributed by atoms with van der Waals surface area (Å²) in [6, 6.07) is 15.5. The molecule has 184 valence electrons. The molecule has 1 N–H and O–H groups in total. The second kappa shape index (κ2) is 10.6. The lowest BCUT2D eigenvalue weighted by molar-refractivity contribution is -0.139. The van der Waals surface area contributed by atoms with Crippen LogP contribution in [0.25, 0.3) is 11.4 Å². The Morgan fingerprint density at radius 3 is 2.29 bits per heavy atom. The zero-order valence-corrected chi connectivity index (χ0v) is 21.0. The number of hydrogen-bond acceptors (Lipinski definition) is 7. The van der Waals surface area contributed by atoms with Gasteiger partial charge in [0, 0.05) is 30.0 Å². The van der Waals surface area contributed by atoms with E-state index in [0.29, 0.717) is 36.3 Å². The maximum absolute atomic E-state index is 13.0. The molecule has 0 radical (unpaired) electrons. The van der Waals surface area contributed by atoms with Gasteiger partial charge in [-0.25, -0.2) is 9.48 Å². The Morgan fingerprint density at radius 1 is 1.00 bits per heavy atom. The summed E-state index contributed by atoms with van der Waals surface area (Å²) in [5.74, 6) is 1.58. The fourth-order valence-corrected chi connectivity index (χ4v) is 4.38. The standard InChI is InChI=1S/C27H33N5O3/c1-6-31(7-2)21-14-10-19(11-15-21)24-23(26(33)35-9-4)18(5)28-27-29-25(30-32(24)27)20-12-16-22(17-13-20)34-8-3/h10-17,24H,6-9H2,1-5H3,(H,28,29,30). The topological polar surface area (TPSA) is 81.5 Å². The molecule has 1 unspecified atom stereocenters. The molecule has 0 bridgehead atoms. The predicted molar refractivity (Wildman–Crippen MR) is 138 cm³/mol. The van der Waals surface area contributed by atoms with Gasteiger partial charge in [-0.15, -0.1) is 5.10 Å². The molecular weight excluding hydrogens is 442 g/mol. The van der Waals surface area contributed by atoms with Crippen molar-refractivity contribution in [3.63, 3.8) is 0 Å². The number of anilines is 2. The molecule has 0 saturated heterocycles. The van der Waals surface area contributed by atoms with Crippen LogP contribution in [-0.4, -0.2) is 47.0 Å². The van der Waals surface area contributed by atoms with E-state index < -0.39 is 6.04 Å². The molecule has 1 atom stereocenters. The predicted octanol–water partition coefficient (Wildman–Crippen LogP) is 5.04. The van der Waals surface area contributed by atoms with Crippen LogP contribution >= 0.6 is 0 Å². The van der Waals surface area contributed by atoms with Crippen LogP contribution in [0.15, 0.2) is 59.8 Å². The lowest BCUT2D eigenvalue weighted by Gasteiger charge is -2.28. The molecule has 2 heterocycles. The minimum atomic E-state index is -0.458. The zero-order chi connectivity index (χ0) is 24.9. The average Bonchev–Trinajstić information content (AvgIpc) is 3.29. The van der Waals surface area contributed by atoms with E-state index in [1.165, 1.54) is 0 Å². The van der Waals surface area contributed by atoms with Gasteiger partial charge < -0.3 is 19.7 Å². The van der Waals surface area contributed by atoms with Crippen LogP contribution in [0.1, 0.15) is 46.2 Å². The average molecular weight is 476 g/mol. The van der Waals surface area contributed by atoms with E-state index in [4.69, 9.17) is 19.6 Å². The normalized spacial score (nSPS) is 14.8. The second-order valence-corrected chi connectivity index (χ2v) is 8.21. The summed E-state index contributed by atoms with van der Waals surface area (Å²) in [7, 11) is 0. The first kappa shape index (κ1) is 24.3. The number of carbonyl (C=O) groups excluding carboxylic acids is 1. The van der Waals surface area contributed by atoms with E-state index in [0.717, 1.165) is 35.7 Å². The van der Waals surface area contributed by atoms with Crippen molar-refractivity contribution >= 4 is 17.6 Å². The van der Waals surface area contributed by atoms with Crippen molar-refractivity contribution < 1.29 is 14.3 Å². The van der Waals surface area contributed by atoms with Gasteiger partial charge in [-0.3, -0.25) is 0 Å². The number of nitrogens with zero attached hydrogens (tertiary/aromatic N) is 4. The summed E-state index contributed by atoms with van der Waals surface area (Å²) in [6.45, 7) is 12.7. The van der Waals surface area contributed by atoms with Crippen molar-refractivity contribution in [1.82, 2.24) is 14.8 Å². The van der Waals surface area contributed by atoms with Crippen molar-refractivity contribution in [3.8, 4) is 17.1 Å². The van der Waals surface area contributed by atoms with Crippen molar-refractivity contribution in [2.75, 3.05) is 36.5 Å². The van der Waals surface area contributed by atoms with Gasteiger partial charge in [0.15, 0.2) is 5.82 Å². The first-order chi connectivity index (χ1) is 17.0. The lowest BCUT2D eigenvalue weighted by Crippen LogP contribution is -2.29. The van der Waals surface area contributed by atoms with Crippen molar-refractivity contribution in [1.29, 1.82) is 0 Å². The number of rotatable bonds is 9. The van der Waals surface area contributed by atoms with Crippen LogP contribution in [0, 0.1) is 0 Å². The summed E-state index contributed by atoms with van der Waals surface area (Å²) in [4.78, 5) is 20.1. The molecule has 0 aliphatic carbocycles. The summed E-state index contributed by atoms with van der Waals surface area (Å²) in [6.07, 6.45) is 0. The lowest BCUT2D eigenvalue weighted by atomic mass is 9.95. The Morgan fingerprint density at radius 2 is 1.69 bits per heavy atom. The Bertz CT molecular complexity index is 1190. The van der Waals surface area contributed by atoms with Gasteiger partial charge in [0.2, 0.25) is 5.95 Å². The molecular formula is C27H33N5O3. The third-order valence-electron chi connectivity index (χ3n) is 6.11. The third-order valence-corrected chi connectivity index (χ3v) is 6.11. The van der Waals surface area contributed by atoms with E-state index in [-0.39, 0.29) is 5.97 Å². The highest BCUT2D eigenvalue weighted by Gasteiger charge is 2.35. The zero-order valence-electron chi connectivity index (χ0n) is 21.0. The number of fused-ring (bicyclic) bond motifs is 1. The van der Waals surface area contributed by atoms with Crippen molar-refractivity contribution in [2.24, 2.45) is 0 Å². The summed E-state index contributed by atoms with van der Waals surface area (Å²) < 4.78 is 12.8. The van der Waals surface area contributed by atoms with Crippen molar-refractivity contribution in [2.45, 2.75) is 40.7 Å². The van der Waals surface area contributed by atoms with E-state index in [1.807, 2.05) is 45.0 Å². The number of hydrogen-bond donors (Lipinski definition) is 1. The van der Waals surface area contributed by atoms with E-state index in [2.05, 4.69) is 48.3 Å². The summed E-state index contributed by atoms with van der Waals surface area (Å²) >= 11 is 0. The van der Waals surface area contributed by atoms with Crippen LogP contribution in [0.4, 0.5) is 11.6 Å². The molecule has 0 spiro atoms. The number of esters is 1. The van der Waals surface area contributed by atoms with Gasteiger partial charge >= 0.3 is 5.97 Å². The fourth-order valence-electron chi connectivity index (χ4n) is 4.38. The minimum Gasteiger partial charge on any atom is -0.494 e. The number of carbonyl (C=O) groups is 1. The maximum atomic E-state index is 13.0. The van der Waals surface area contributed by atoms with Crippen LogP contribution in [0.5, 0.6) is 5.75 Å². The monoisotopic (exact) mass is 475 g/mol. The Labute approximate surface area is 206 Å². The molecule has 1 aliphatic rings. The second-order valence-electron chi connectivity index (χ2n) is 8.21. The van der Waals surface area contributed by atoms with Gasteiger partial charge in [0.05, 0.1) is 18.8 Å². The van der Waals surface area contributed by atoms with Gasteiger partial charge in [0.1, 0.15) is 11.8 Å². The fraction of sp³-hybridized carbons (Fsp3) is 0.370. The van der Waals surface area contributed by atoms with E-state index >= 15 is 0 Å². The number of allylic oxidation sites excluding steroid dienone is 1. The highest BCUT2D eigenvalue weighted by atomic mass is 16.5. The quantitative estimate of drug-likeness (QED) is 0.434. The van der Waals surface area contributed by atoms with Crippen LogP contribution in [0.3, 0.4) is 0 Å². The minimum absolute atomic E-state index is 0.297. The van der Waals surface area contributed by atoms with Gasteiger partial charge in [-0.2, -0.15) is 4.98 Å². The molecule has 0 saturated carbocycles. The smallest absolute Gasteiger partial charge is 0.338 e. The first-order valence-corrected chi connectivity index (χ1v) is 12.2. The molecule has 1 aliphatic heterocycles. The van der Waals surface area contributed by atoms with Crippen molar-refractivity contribution in [3.05, 3.63) is 65.4 Å². The molecule has 0 fully saturated rings. The largest absolute Gasteiger partial charge is 0.494 e. The molecule has 1 aromatic heterocycles. The van der Waals surface area contributed by atoms with Gasteiger partial charge in [-0.1, -0.05) is 12.1 Å². The SMILES string of the molecule is CCOC(=O)C1=C(C)Nc2nc(-c3ccc(OCC)cc3)nn2C1c1ccc(N(CC)CC)cc1. The highest BCUT2D eigenvalue weighted by Crippen LogP contribution is 2.37. The van der Waals surface area contributed by atoms with Gasteiger partial charge in [0.25, 0.3) is 0 Å². The third kappa shape index (κ3) is 4.87. The first-order valence-electron chi connectivity index (χ1n) is 12.2. The number of benzene rings is 2. The van der Waals surface area contributed by atoms with Crippen LogP contribution in [-0.2, 0) is 9.53 Å². The number of ether oxygens (including phenoxy) is 2. The number of aromatic nitrogens is 3. The Balaban J connectivity index is 1.77. The Kier molecular flexibility index (Phi) is 7.39. The van der Waals surface area contributed by atoms with Crippen LogP contribution in [0.2, 0.25) is 0 Å². The van der Waals surface area contributed by atoms with Gasteiger partial charge in [-0.05, 0) is 76.6 Å². The molecule has 8 nitrogen and oxygen atoms in total. The van der Waals surface area contributed by atoms with E-state index in [9.17, 15) is 4.79 Å².